The zero-order valence-corrected chi connectivity index (χ0v) is 18.3. The molecule has 1 unspecified atom stereocenters. The van der Waals surface area contributed by atoms with Crippen LogP contribution in [0.1, 0.15) is 5.56 Å². The normalized spacial score (nSPS) is 39.1. The van der Waals surface area contributed by atoms with Crippen LogP contribution in [-0.2, 0) is 25.4 Å². The van der Waals surface area contributed by atoms with Crippen LogP contribution in [0, 0.1) is 0 Å². The number of aliphatic hydroxyl groups excluding tert-OH is 6. The first kappa shape index (κ1) is 26.8. The largest absolute Gasteiger partial charge is 0.394 e. The lowest BCUT2D eigenvalue weighted by Gasteiger charge is -2.43. The summed E-state index contributed by atoms with van der Waals surface area (Å²) in [7, 11) is 0. The van der Waals surface area contributed by atoms with Crippen molar-refractivity contribution in [3.63, 3.8) is 0 Å². The molecule has 192 valence electrons. The van der Waals surface area contributed by atoms with Gasteiger partial charge in [0.25, 0.3) is 0 Å². The average molecular weight is 488 g/mol. The highest BCUT2D eigenvalue weighted by Crippen LogP contribution is 2.31. The molecule has 2 saturated heterocycles. The van der Waals surface area contributed by atoms with Gasteiger partial charge in [0.15, 0.2) is 6.29 Å². The van der Waals surface area contributed by atoms with Crippen LogP contribution in [0.3, 0.4) is 0 Å². The second-order valence-electron chi connectivity index (χ2n) is 8.47. The lowest BCUT2D eigenvalue weighted by Crippen LogP contribution is -2.66. The minimum Gasteiger partial charge on any atom is -0.394 e. The van der Waals surface area contributed by atoms with E-state index in [1.54, 1.807) is 24.3 Å². The van der Waals surface area contributed by atoms with Gasteiger partial charge in [0.1, 0.15) is 43.2 Å². The topological polar surface area (TPSA) is 224 Å². The van der Waals surface area contributed by atoms with Gasteiger partial charge >= 0.3 is 0 Å². The highest BCUT2D eigenvalue weighted by Gasteiger charge is 2.54. The number of carbonyl (C=O) groups excluding carboxylic acids is 1. The number of carbonyl (C=O) groups is 1. The molecule has 0 aromatic heterocycles. The van der Waals surface area contributed by atoms with E-state index in [0.29, 0.717) is 0 Å². The molecule has 0 radical (unpaired) electrons. The van der Waals surface area contributed by atoms with E-state index in [2.05, 4.69) is 5.32 Å². The van der Waals surface area contributed by atoms with Gasteiger partial charge in [-0.15, -0.1) is 0 Å². The first-order valence-electron chi connectivity index (χ1n) is 10.8. The molecule has 34 heavy (non-hydrogen) atoms. The second kappa shape index (κ2) is 11.3. The maximum atomic E-state index is 12.6. The maximum Gasteiger partial charge on any atom is 0.237 e. The summed E-state index contributed by atoms with van der Waals surface area (Å²) < 4.78 is 15.7. The van der Waals surface area contributed by atoms with Crippen molar-refractivity contribution in [1.29, 1.82) is 0 Å². The molecule has 2 aliphatic heterocycles. The Kier molecular flexibility index (Phi) is 8.94. The van der Waals surface area contributed by atoms with Gasteiger partial charge in [0.05, 0.1) is 25.3 Å². The minimum atomic E-state index is -2.43. The van der Waals surface area contributed by atoms with Crippen molar-refractivity contribution in [1.82, 2.24) is 5.32 Å². The second-order valence-corrected chi connectivity index (χ2v) is 8.47. The number of nitrogens with one attached hydrogen (secondary N) is 1. The Morgan fingerprint density at radius 1 is 1.06 bits per heavy atom. The molecule has 1 amide bonds. The smallest absolute Gasteiger partial charge is 0.237 e. The molecule has 0 aliphatic carbocycles. The Labute approximate surface area is 195 Å². The van der Waals surface area contributed by atoms with E-state index in [-0.39, 0.29) is 6.42 Å². The fraction of sp³-hybridized carbons (Fsp3) is 0.667. The Hall–Kier alpha value is -1.75. The highest BCUT2D eigenvalue weighted by molar-refractivity contribution is 5.82. The summed E-state index contributed by atoms with van der Waals surface area (Å²) in [6, 6.07) is 6.62. The number of hydrogen-bond donors (Lipinski definition) is 9. The fourth-order valence-electron chi connectivity index (χ4n) is 3.97. The fourth-order valence-corrected chi connectivity index (χ4v) is 3.97. The summed E-state index contributed by atoms with van der Waals surface area (Å²) in [5, 5.41) is 72.7. The third-order valence-electron chi connectivity index (χ3n) is 5.99. The quantitative estimate of drug-likeness (QED) is 0.160. The Balaban J connectivity index is 1.65. The summed E-state index contributed by atoms with van der Waals surface area (Å²) in [5.74, 6) is -3.11. The SMILES string of the molecule is N[C@@H](Cc1ccccc1)C(=O)N[C@@H]1[C@H](O)[C@@H](CO)OC(OC[C@@]2(O)O[C@H](CO)[C@@H](O)[C@@H]2O)[C@@H]1O. The van der Waals surface area contributed by atoms with Gasteiger partial charge in [-0.1, -0.05) is 30.3 Å². The third kappa shape index (κ3) is 5.72. The lowest BCUT2D eigenvalue weighted by atomic mass is 9.95. The van der Waals surface area contributed by atoms with Crippen LogP contribution < -0.4 is 11.1 Å². The molecule has 2 fully saturated rings. The van der Waals surface area contributed by atoms with Crippen molar-refractivity contribution in [2.45, 2.75) is 67.2 Å². The number of nitrogens with two attached hydrogens (primary N) is 1. The van der Waals surface area contributed by atoms with Gasteiger partial charge in [-0.2, -0.15) is 0 Å². The van der Waals surface area contributed by atoms with Crippen molar-refractivity contribution < 1.29 is 54.8 Å². The van der Waals surface area contributed by atoms with E-state index in [4.69, 9.17) is 19.9 Å². The molecule has 2 heterocycles. The van der Waals surface area contributed by atoms with Gasteiger partial charge in [-0.05, 0) is 12.0 Å². The van der Waals surface area contributed by atoms with E-state index in [9.17, 15) is 40.5 Å². The van der Waals surface area contributed by atoms with E-state index in [1.807, 2.05) is 6.07 Å². The summed E-state index contributed by atoms with van der Waals surface area (Å²) in [6.45, 7) is -2.18. The van der Waals surface area contributed by atoms with E-state index < -0.39 is 86.5 Å². The van der Waals surface area contributed by atoms with Gasteiger partial charge in [0.2, 0.25) is 11.7 Å². The number of hydrogen-bond acceptors (Lipinski definition) is 12. The van der Waals surface area contributed by atoms with Crippen LogP contribution in [-0.4, -0.2) is 122 Å². The Morgan fingerprint density at radius 3 is 2.29 bits per heavy atom. The van der Waals surface area contributed by atoms with Gasteiger partial charge in [-0.3, -0.25) is 4.79 Å². The third-order valence-corrected chi connectivity index (χ3v) is 5.99. The molecule has 3 rings (SSSR count). The molecular weight excluding hydrogens is 456 g/mol. The van der Waals surface area contributed by atoms with E-state index >= 15 is 0 Å². The molecule has 0 bridgehead atoms. The van der Waals surface area contributed by atoms with Crippen molar-refractivity contribution in [3.05, 3.63) is 35.9 Å². The predicted octanol–water partition coefficient (Wildman–Crippen LogP) is -4.70. The zero-order valence-electron chi connectivity index (χ0n) is 18.3. The molecule has 13 heteroatoms. The summed E-state index contributed by atoms with van der Waals surface area (Å²) >= 11 is 0. The molecule has 1 aromatic carbocycles. The van der Waals surface area contributed by atoms with Gasteiger partial charge in [-0.25, -0.2) is 0 Å². The Morgan fingerprint density at radius 2 is 1.71 bits per heavy atom. The van der Waals surface area contributed by atoms with Crippen molar-refractivity contribution in [3.8, 4) is 0 Å². The number of aliphatic hydroxyl groups is 7. The molecule has 13 nitrogen and oxygen atoms in total. The van der Waals surface area contributed by atoms with E-state index in [1.165, 1.54) is 0 Å². The molecule has 0 spiro atoms. The van der Waals surface area contributed by atoms with Crippen LogP contribution in [0.2, 0.25) is 0 Å². The van der Waals surface area contributed by atoms with Crippen LogP contribution in [0.25, 0.3) is 0 Å². The first-order chi connectivity index (χ1) is 16.1. The summed E-state index contributed by atoms with van der Waals surface area (Å²) in [6.07, 6.45) is -10.6. The molecule has 10 N–H and O–H groups in total. The van der Waals surface area contributed by atoms with Crippen LogP contribution in [0.4, 0.5) is 0 Å². The van der Waals surface area contributed by atoms with Crippen LogP contribution >= 0.6 is 0 Å². The summed E-state index contributed by atoms with van der Waals surface area (Å²) in [4.78, 5) is 12.6. The standard InChI is InChI=1S/C21H32N2O11/c22-11(6-10-4-2-1-3-5-10)19(30)23-14-15(26)12(7-24)33-20(17(14)28)32-9-21(31)18(29)16(27)13(8-25)34-21/h1-5,11-18,20,24-29,31H,6-9,22H2,(H,23,30)/t11-,12+,13+,14+,15+,16+,17+,18-,20?,21+/m0/s1. The predicted molar refractivity (Wildman–Crippen MR) is 113 cm³/mol. The Bertz CT molecular complexity index is 802. The number of rotatable bonds is 9. The number of amides is 1. The molecule has 10 atom stereocenters. The van der Waals surface area contributed by atoms with Gasteiger partial charge in [0, 0.05) is 0 Å². The zero-order chi connectivity index (χ0) is 25.0. The van der Waals surface area contributed by atoms with Crippen LogP contribution in [0.5, 0.6) is 0 Å². The number of ether oxygens (including phenoxy) is 3. The number of benzene rings is 1. The molecule has 1 aromatic rings. The highest BCUT2D eigenvalue weighted by atomic mass is 16.7. The maximum absolute atomic E-state index is 12.6. The molecule has 0 saturated carbocycles. The lowest BCUT2D eigenvalue weighted by molar-refractivity contribution is -0.320. The average Bonchev–Trinajstić information content (AvgIpc) is 3.05. The molecular formula is C21H32N2O11. The first-order valence-corrected chi connectivity index (χ1v) is 10.8. The van der Waals surface area contributed by atoms with Crippen molar-refractivity contribution >= 4 is 5.91 Å². The van der Waals surface area contributed by atoms with Crippen molar-refractivity contribution in [2.75, 3.05) is 19.8 Å². The summed E-state index contributed by atoms with van der Waals surface area (Å²) in [5.41, 5.74) is 6.77. The minimum absolute atomic E-state index is 0.196. The van der Waals surface area contributed by atoms with E-state index in [0.717, 1.165) is 5.56 Å². The molecule has 2 aliphatic rings. The van der Waals surface area contributed by atoms with Gasteiger partial charge < -0.3 is 61.0 Å². The van der Waals surface area contributed by atoms with Crippen LogP contribution in [0.15, 0.2) is 30.3 Å². The monoisotopic (exact) mass is 488 g/mol. The van der Waals surface area contributed by atoms with Crippen molar-refractivity contribution in [2.24, 2.45) is 5.73 Å².